The zero-order valence-corrected chi connectivity index (χ0v) is 17.9. The van der Waals surface area contributed by atoms with Crippen molar-refractivity contribution in [1.29, 1.82) is 0 Å². The maximum Gasteiger partial charge on any atom is 0.247 e. The lowest BCUT2D eigenvalue weighted by atomic mass is 10.2. The Balaban J connectivity index is 3.37. The van der Waals surface area contributed by atoms with E-state index < -0.39 is 0 Å². The molecule has 0 aromatic heterocycles. The molecule has 8 heteroatoms. The van der Waals surface area contributed by atoms with E-state index in [-0.39, 0.29) is 17.9 Å². The number of nitrogens with one attached hydrogen (secondary N) is 2. The molecule has 28 heavy (non-hydrogen) atoms. The minimum Gasteiger partial charge on any atom is -0.492 e. The number of nitrogens with zero attached hydrogens (tertiary/aromatic N) is 3. The van der Waals surface area contributed by atoms with Gasteiger partial charge in [0.1, 0.15) is 5.75 Å². The van der Waals surface area contributed by atoms with Crippen molar-refractivity contribution in [1.82, 2.24) is 4.90 Å². The van der Waals surface area contributed by atoms with Gasteiger partial charge in [0.2, 0.25) is 5.91 Å². The van der Waals surface area contributed by atoms with E-state index in [9.17, 15) is 4.79 Å². The second kappa shape index (κ2) is 11.2. The van der Waals surface area contributed by atoms with E-state index in [0.29, 0.717) is 23.7 Å². The van der Waals surface area contributed by atoms with E-state index in [1.165, 1.54) is 6.08 Å². The van der Waals surface area contributed by atoms with E-state index in [4.69, 9.17) is 10.5 Å². The summed E-state index contributed by atoms with van der Waals surface area (Å²) < 4.78 is 5.80. The van der Waals surface area contributed by atoms with Crippen LogP contribution >= 0.6 is 0 Å². The Hall–Kier alpha value is -2.74. The molecule has 0 saturated carbocycles. The minimum absolute atomic E-state index is 0.0550. The summed E-state index contributed by atoms with van der Waals surface area (Å²) in [6.45, 7) is 11.5. The van der Waals surface area contributed by atoms with Gasteiger partial charge < -0.3 is 30.9 Å². The standard InChI is InChI=1S/C20H34N6O2/c1-8-19(27)23-15-12-16(24-20(21)22-14(3)4)18(28-9-2)13-17(15)26(7)11-10-25(5)6/h8,12-14H,1,9-11H2,2-7H3,(H,23,27)(H3,21,22,24). The van der Waals surface area contributed by atoms with Gasteiger partial charge in [-0.25, -0.2) is 0 Å². The Bertz CT molecular complexity index is 700. The number of carbonyl (C=O) groups excluding carboxylic acids is 1. The SMILES string of the molecule is C=CC(=O)Nc1cc(NC(N)=NC(C)C)c(OCC)cc1N(C)CCN(C)C. The lowest BCUT2D eigenvalue weighted by Crippen LogP contribution is -2.29. The molecule has 0 fully saturated rings. The molecule has 0 aliphatic rings. The van der Waals surface area contributed by atoms with Gasteiger partial charge in [-0.1, -0.05) is 6.58 Å². The number of benzene rings is 1. The van der Waals surface area contributed by atoms with Crippen LogP contribution in [0.25, 0.3) is 0 Å². The van der Waals surface area contributed by atoms with Gasteiger partial charge in [0.05, 0.1) is 23.7 Å². The third-order valence-corrected chi connectivity index (χ3v) is 3.79. The number of guanidine groups is 1. The van der Waals surface area contributed by atoms with Crippen LogP contribution in [-0.2, 0) is 4.79 Å². The van der Waals surface area contributed by atoms with Crippen LogP contribution in [0.3, 0.4) is 0 Å². The fourth-order valence-electron chi connectivity index (χ4n) is 2.46. The largest absolute Gasteiger partial charge is 0.492 e. The number of aliphatic imine (C=N–C) groups is 1. The Labute approximate surface area is 168 Å². The average Bonchev–Trinajstić information content (AvgIpc) is 2.60. The van der Waals surface area contributed by atoms with Gasteiger partial charge in [-0.3, -0.25) is 9.79 Å². The Morgan fingerprint density at radius 3 is 2.46 bits per heavy atom. The summed E-state index contributed by atoms with van der Waals surface area (Å²) in [4.78, 5) is 20.4. The quantitative estimate of drug-likeness (QED) is 0.322. The van der Waals surface area contributed by atoms with Crippen LogP contribution in [0.1, 0.15) is 20.8 Å². The fourth-order valence-corrected chi connectivity index (χ4v) is 2.46. The van der Waals surface area contributed by atoms with Crippen molar-refractivity contribution in [2.75, 3.05) is 56.4 Å². The number of rotatable bonds is 10. The lowest BCUT2D eigenvalue weighted by molar-refractivity contribution is -0.111. The highest BCUT2D eigenvalue weighted by Gasteiger charge is 2.16. The van der Waals surface area contributed by atoms with Gasteiger partial charge in [0, 0.05) is 32.2 Å². The Morgan fingerprint density at radius 1 is 1.25 bits per heavy atom. The predicted molar refractivity (Wildman–Crippen MR) is 119 cm³/mol. The smallest absolute Gasteiger partial charge is 0.247 e. The van der Waals surface area contributed by atoms with Crippen LogP contribution in [-0.4, -0.2) is 63.6 Å². The zero-order valence-electron chi connectivity index (χ0n) is 17.9. The number of amides is 1. The maximum absolute atomic E-state index is 12.0. The molecule has 1 aromatic rings. The van der Waals surface area contributed by atoms with Gasteiger partial charge in [-0.15, -0.1) is 0 Å². The van der Waals surface area contributed by atoms with Gasteiger partial charge in [-0.05, 0) is 47.0 Å². The topological polar surface area (TPSA) is 95.2 Å². The molecule has 0 bridgehead atoms. The van der Waals surface area contributed by atoms with E-state index in [1.807, 2.05) is 48.0 Å². The number of carbonyl (C=O) groups is 1. The van der Waals surface area contributed by atoms with Crippen LogP contribution < -0.4 is 26.0 Å². The van der Waals surface area contributed by atoms with Crippen molar-refractivity contribution in [2.24, 2.45) is 10.7 Å². The molecule has 0 heterocycles. The molecule has 1 amide bonds. The van der Waals surface area contributed by atoms with E-state index in [2.05, 4.69) is 32.0 Å². The predicted octanol–water partition coefficient (Wildman–Crippen LogP) is 2.34. The van der Waals surface area contributed by atoms with Crippen molar-refractivity contribution in [3.63, 3.8) is 0 Å². The summed E-state index contributed by atoms with van der Waals surface area (Å²) in [5.74, 6) is 0.625. The molecular formula is C20H34N6O2. The third kappa shape index (κ3) is 7.48. The normalized spacial score (nSPS) is 11.5. The van der Waals surface area contributed by atoms with Crippen LogP contribution in [0, 0.1) is 0 Å². The summed E-state index contributed by atoms with van der Waals surface area (Å²) >= 11 is 0. The van der Waals surface area contributed by atoms with E-state index in [0.717, 1.165) is 18.8 Å². The number of nitrogens with two attached hydrogens (primary N) is 1. The molecule has 4 N–H and O–H groups in total. The van der Waals surface area contributed by atoms with Crippen molar-refractivity contribution in [3.8, 4) is 5.75 Å². The highest BCUT2D eigenvalue weighted by Crippen LogP contribution is 2.37. The molecule has 0 spiro atoms. The van der Waals surface area contributed by atoms with Gasteiger partial charge >= 0.3 is 0 Å². The first-order chi connectivity index (χ1) is 13.2. The summed E-state index contributed by atoms with van der Waals surface area (Å²) in [7, 11) is 6.01. The molecule has 8 nitrogen and oxygen atoms in total. The van der Waals surface area contributed by atoms with Crippen molar-refractivity contribution >= 4 is 28.9 Å². The summed E-state index contributed by atoms with van der Waals surface area (Å²) in [5, 5.41) is 5.94. The molecular weight excluding hydrogens is 356 g/mol. The molecule has 0 unspecified atom stereocenters. The first-order valence-corrected chi connectivity index (χ1v) is 9.38. The highest BCUT2D eigenvalue weighted by atomic mass is 16.5. The number of ether oxygens (including phenoxy) is 1. The first kappa shape index (κ1) is 23.3. The molecule has 0 atom stereocenters. The van der Waals surface area contributed by atoms with Crippen LogP contribution in [0.5, 0.6) is 5.75 Å². The molecule has 1 aromatic carbocycles. The highest BCUT2D eigenvalue weighted by molar-refractivity contribution is 6.03. The third-order valence-electron chi connectivity index (χ3n) is 3.79. The molecule has 1 rings (SSSR count). The van der Waals surface area contributed by atoms with Gasteiger partial charge in [0.25, 0.3) is 0 Å². The van der Waals surface area contributed by atoms with Gasteiger partial charge in [-0.2, -0.15) is 0 Å². The second-order valence-electron chi connectivity index (χ2n) is 6.95. The molecule has 0 aliphatic heterocycles. The minimum atomic E-state index is -0.291. The van der Waals surface area contributed by atoms with Crippen molar-refractivity contribution in [2.45, 2.75) is 26.8 Å². The van der Waals surface area contributed by atoms with Crippen molar-refractivity contribution < 1.29 is 9.53 Å². The van der Waals surface area contributed by atoms with E-state index >= 15 is 0 Å². The fraction of sp³-hybridized carbons (Fsp3) is 0.500. The van der Waals surface area contributed by atoms with Crippen LogP contribution in [0.15, 0.2) is 29.8 Å². The average molecular weight is 391 g/mol. The molecule has 156 valence electrons. The Kier molecular flexibility index (Phi) is 9.31. The number of hydrogen-bond donors (Lipinski definition) is 3. The first-order valence-electron chi connectivity index (χ1n) is 9.38. The van der Waals surface area contributed by atoms with E-state index in [1.54, 1.807) is 6.07 Å². The maximum atomic E-state index is 12.0. The summed E-state index contributed by atoms with van der Waals surface area (Å²) in [5.41, 5.74) is 8.10. The Morgan fingerprint density at radius 2 is 1.93 bits per heavy atom. The van der Waals surface area contributed by atoms with Crippen molar-refractivity contribution in [3.05, 3.63) is 24.8 Å². The van der Waals surface area contributed by atoms with Crippen LogP contribution in [0.2, 0.25) is 0 Å². The summed E-state index contributed by atoms with van der Waals surface area (Å²) in [6.07, 6.45) is 1.24. The number of likely N-dealkylation sites (N-methyl/N-ethyl adjacent to an activating group) is 2. The molecule has 0 saturated heterocycles. The zero-order chi connectivity index (χ0) is 21.3. The summed E-state index contributed by atoms with van der Waals surface area (Å²) in [6, 6.07) is 3.75. The van der Waals surface area contributed by atoms with Gasteiger partial charge in [0.15, 0.2) is 5.96 Å². The lowest BCUT2D eigenvalue weighted by Gasteiger charge is -2.26. The van der Waals surface area contributed by atoms with Crippen LogP contribution in [0.4, 0.5) is 17.1 Å². The molecule has 0 radical (unpaired) electrons. The molecule has 0 aliphatic carbocycles. The number of anilines is 3. The second-order valence-corrected chi connectivity index (χ2v) is 6.95. The monoisotopic (exact) mass is 390 g/mol. The number of hydrogen-bond acceptors (Lipinski definition) is 5.